The zero-order chi connectivity index (χ0) is 15.4. The van der Waals surface area contributed by atoms with E-state index in [0.717, 1.165) is 24.3 Å². The predicted octanol–water partition coefficient (Wildman–Crippen LogP) is 7.01. The normalized spacial score (nSPS) is 12.8. The maximum absolute atomic E-state index is 3.94. The van der Waals surface area contributed by atoms with E-state index >= 15 is 0 Å². The number of hydrogen-bond acceptors (Lipinski definition) is 0. The molecule has 0 aliphatic rings. The fraction of sp³-hybridized carbons (Fsp3) is 0.600. The fourth-order valence-electron chi connectivity index (χ4n) is 2.15. The van der Waals surface area contributed by atoms with Gasteiger partial charge in [-0.1, -0.05) is 68.4 Å². The smallest absolute Gasteiger partial charge is 0.0250 e. The minimum atomic E-state index is 0.832. The van der Waals surface area contributed by atoms with Gasteiger partial charge in [-0.2, -0.15) is 0 Å². The molecule has 0 aliphatic carbocycles. The lowest BCUT2D eigenvalue weighted by molar-refractivity contribution is 0.554. The molecule has 0 spiro atoms. The third kappa shape index (κ3) is 12.0. The van der Waals surface area contributed by atoms with Crippen LogP contribution in [0.4, 0.5) is 0 Å². The highest BCUT2D eigenvalue weighted by atomic mass is 14.0. The Kier molecular flexibility index (Phi) is 11.1. The first-order valence-electron chi connectivity index (χ1n) is 8.07. The average Bonchev–Trinajstić information content (AvgIpc) is 2.38. The highest BCUT2D eigenvalue weighted by molar-refractivity contribution is 5.12. The van der Waals surface area contributed by atoms with Crippen molar-refractivity contribution in [1.29, 1.82) is 0 Å². The van der Waals surface area contributed by atoms with Crippen molar-refractivity contribution < 1.29 is 0 Å². The van der Waals surface area contributed by atoms with Crippen molar-refractivity contribution in [2.24, 2.45) is 5.92 Å². The zero-order valence-electron chi connectivity index (χ0n) is 14.2. The van der Waals surface area contributed by atoms with Crippen LogP contribution in [0.15, 0.2) is 48.1 Å². The summed E-state index contributed by atoms with van der Waals surface area (Å²) in [7, 11) is 0. The standard InChI is InChI=1S/C20H34/c1-7-18(4)12-9-14-20(6)16-10-15-19(5)13-8-11-17(2)3/h7,14-15,17H,1,4,8-13,16H2,2-3,5-6H3. The Morgan fingerprint density at radius 1 is 0.950 bits per heavy atom. The molecule has 0 aliphatic heterocycles. The van der Waals surface area contributed by atoms with Gasteiger partial charge in [-0.25, -0.2) is 0 Å². The summed E-state index contributed by atoms with van der Waals surface area (Å²) in [6.45, 7) is 16.8. The molecule has 0 aromatic rings. The second-order valence-electron chi connectivity index (χ2n) is 6.33. The molecular formula is C20H34. The van der Waals surface area contributed by atoms with Crippen LogP contribution < -0.4 is 0 Å². The molecule has 0 nitrogen and oxygen atoms in total. The molecular weight excluding hydrogens is 240 g/mol. The third-order valence-electron chi connectivity index (χ3n) is 3.63. The Labute approximate surface area is 127 Å². The second-order valence-corrected chi connectivity index (χ2v) is 6.33. The van der Waals surface area contributed by atoms with Crippen LogP contribution in [0.25, 0.3) is 0 Å². The number of allylic oxidation sites excluding steroid dienone is 6. The molecule has 0 aromatic heterocycles. The summed E-state index contributed by atoms with van der Waals surface area (Å²) in [5.41, 5.74) is 4.18. The van der Waals surface area contributed by atoms with E-state index in [0.29, 0.717) is 0 Å². The van der Waals surface area contributed by atoms with Crippen molar-refractivity contribution in [3.8, 4) is 0 Å². The molecule has 0 saturated heterocycles. The van der Waals surface area contributed by atoms with E-state index in [-0.39, 0.29) is 0 Å². The third-order valence-corrected chi connectivity index (χ3v) is 3.63. The van der Waals surface area contributed by atoms with E-state index in [1.54, 1.807) is 5.57 Å². The summed E-state index contributed by atoms with van der Waals surface area (Å²) in [5, 5.41) is 0. The fourth-order valence-corrected chi connectivity index (χ4v) is 2.15. The lowest BCUT2D eigenvalue weighted by Crippen LogP contribution is -1.88. The molecule has 114 valence electrons. The van der Waals surface area contributed by atoms with Gasteiger partial charge in [-0.05, 0) is 58.3 Å². The quantitative estimate of drug-likeness (QED) is 0.281. The molecule has 0 N–H and O–H groups in total. The molecule has 20 heavy (non-hydrogen) atoms. The molecule has 0 aromatic carbocycles. The summed E-state index contributed by atoms with van der Waals surface area (Å²) in [5.74, 6) is 0.832. The minimum absolute atomic E-state index is 0.832. The number of rotatable bonds is 11. The van der Waals surface area contributed by atoms with Crippen molar-refractivity contribution in [1.82, 2.24) is 0 Å². The van der Waals surface area contributed by atoms with Crippen molar-refractivity contribution >= 4 is 0 Å². The lowest BCUT2D eigenvalue weighted by atomic mass is 10.0. The van der Waals surface area contributed by atoms with E-state index in [9.17, 15) is 0 Å². The van der Waals surface area contributed by atoms with Crippen molar-refractivity contribution in [2.75, 3.05) is 0 Å². The monoisotopic (exact) mass is 274 g/mol. The molecule has 0 rings (SSSR count). The topological polar surface area (TPSA) is 0 Å². The van der Waals surface area contributed by atoms with Crippen LogP contribution in [0, 0.1) is 5.92 Å². The van der Waals surface area contributed by atoms with Gasteiger partial charge in [0.05, 0.1) is 0 Å². The molecule has 0 amide bonds. The maximum Gasteiger partial charge on any atom is -0.0250 e. The summed E-state index contributed by atoms with van der Waals surface area (Å²) in [6.07, 6.45) is 15.0. The Hall–Kier alpha value is -1.04. The SMILES string of the molecule is C=CC(=C)CCC=C(C)CCC=C(C)CCCC(C)C. The highest BCUT2D eigenvalue weighted by Crippen LogP contribution is 2.14. The van der Waals surface area contributed by atoms with E-state index in [1.807, 2.05) is 6.08 Å². The minimum Gasteiger partial charge on any atom is -0.0988 e. The van der Waals surface area contributed by atoms with E-state index in [4.69, 9.17) is 0 Å². The Bertz CT molecular complexity index is 339. The van der Waals surface area contributed by atoms with Crippen LogP contribution in [0.3, 0.4) is 0 Å². The highest BCUT2D eigenvalue weighted by Gasteiger charge is 1.96. The van der Waals surface area contributed by atoms with Gasteiger partial charge in [0.2, 0.25) is 0 Å². The van der Waals surface area contributed by atoms with Gasteiger partial charge >= 0.3 is 0 Å². The zero-order valence-corrected chi connectivity index (χ0v) is 14.2. The van der Waals surface area contributed by atoms with E-state index < -0.39 is 0 Å². The Balaban J connectivity index is 3.82. The second kappa shape index (κ2) is 11.8. The largest absolute Gasteiger partial charge is 0.0988 e. The summed E-state index contributed by atoms with van der Waals surface area (Å²) in [6, 6.07) is 0. The van der Waals surface area contributed by atoms with E-state index in [2.05, 4.69) is 53.0 Å². The molecule has 0 fully saturated rings. The van der Waals surface area contributed by atoms with E-state index in [1.165, 1.54) is 37.7 Å². The first kappa shape index (κ1) is 19.0. The maximum atomic E-state index is 3.94. The van der Waals surface area contributed by atoms with Gasteiger partial charge in [-0.3, -0.25) is 0 Å². The summed E-state index contributed by atoms with van der Waals surface area (Å²) < 4.78 is 0. The van der Waals surface area contributed by atoms with Gasteiger partial charge in [0.15, 0.2) is 0 Å². The molecule has 0 radical (unpaired) electrons. The average molecular weight is 274 g/mol. The van der Waals surface area contributed by atoms with Crippen LogP contribution in [0.5, 0.6) is 0 Å². The Morgan fingerprint density at radius 3 is 2.05 bits per heavy atom. The van der Waals surface area contributed by atoms with Crippen molar-refractivity contribution in [3.05, 3.63) is 48.1 Å². The van der Waals surface area contributed by atoms with Gasteiger partial charge in [0.1, 0.15) is 0 Å². The van der Waals surface area contributed by atoms with Crippen LogP contribution in [0.2, 0.25) is 0 Å². The van der Waals surface area contributed by atoms with Crippen molar-refractivity contribution in [3.63, 3.8) is 0 Å². The first-order chi connectivity index (χ1) is 9.45. The van der Waals surface area contributed by atoms with Gasteiger partial charge in [-0.15, -0.1) is 0 Å². The molecule has 0 bridgehead atoms. The van der Waals surface area contributed by atoms with Crippen LogP contribution >= 0.6 is 0 Å². The van der Waals surface area contributed by atoms with Gasteiger partial charge in [0, 0.05) is 0 Å². The van der Waals surface area contributed by atoms with Crippen LogP contribution in [-0.2, 0) is 0 Å². The molecule has 0 heteroatoms. The molecule has 0 saturated carbocycles. The summed E-state index contributed by atoms with van der Waals surface area (Å²) in [4.78, 5) is 0. The van der Waals surface area contributed by atoms with Crippen molar-refractivity contribution in [2.45, 2.75) is 72.6 Å². The van der Waals surface area contributed by atoms with Gasteiger partial charge < -0.3 is 0 Å². The molecule has 0 atom stereocenters. The first-order valence-corrected chi connectivity index (χ1v) is 8.07. The number of hydrogen-bond donors (Lipinski definition) is 0. The van der Waals surface area contributed by atoms with Crippen LogP contribution in [0.1, 0.15) is 72.6 Å². The Morgan fingerprint density at radius 2 is 1.50 bits per heavy atom. The lowest BCUT2D eigenvalue weighted by Gasteiger charge is -2.05. The summed E-state index contributed by atoms with van der Waals surface area (Å²) >= 11 is 0. The van der Waals surface area contributed by atoms with Crippen LogP contribution in [-0.4, -0.2) is 0 Å². The molecule has 0 heterocycles. The molecule has 0 unspecified atom stereocenters. The predicted molar refractivity (Wildman–Crippen MR) is 94.0 cm³/mol. The van der Waals surface area contributed by atoms with Gasteiger partial charge in [0.25, 0.3) is 0 Å².